The predicted molar refractivity (Wildman–Crippen MR) is 47.8 cm³/mol. The summed E-state index contributed by atoms with van der Waals surface area (Å²) < 4.78 is 64.3. The van der Waals surface area contributed by atoms with Crippen LogP contribution in [-0.4, -0.2) is 29.5 Å². The van der Waals surface area contributed by atoms with Gasteiger partial charge in [-0.2, -0.15) is 0 Å². The fraction of sp³-hybridized carbons (Fsp3) is 0.333. The minimum Gasteiger partial charge on any atom is -0.394 e. The molecule has 1 aromatic carbocycles. The van der Waals surface area contributed by atoms with Crippen LogP contribution < -0.4 is 5.32 Å². The van der Waals surface area contributed by atoms with Gasteiger partial charge in [0.1, 0.15) is 5.69 Å². The van der Waals surface area contributed by atoms with Gasteiger partial charge in [0.25, 0.3) is 0 Å². The zero-order valence-electron chi connectivity index (χ0n) is 8.28. The average molecular weight is 257 g/mol. The highest BCUT2D eigenvalue weighted by atomic mass is 19.2. The van der Waals surface area contributed by atoms with E-state index in [4.69, 9.17) is 10.2 Å². The summed E-state index contributed by atoms with van der Waals surface area (Å²) in [7, 11) is 0. The summed E-state index contributed by atoms with van der Waals surface area (Å²) in [4.78, 5) is 0. The van der Waals surface area contributed by atoms with Gasteiger partial charge in [0.15, 0.2) is 23.3 Å². The second kappa shape index (κ2) is 5.28. The van der Waals surface area contributed by atoms with Gasteiger partial charge < -0.3 is 15.5 Å². The van der Waals surface area contributed by atoms with Gasteiger partial charge >= 0.3 is 0 Å². The molecule has 0 aliphatic rings. The minimum atomic E-state index is -2.27. The summed E-state index contributed by atoms with van der Waals surface area (Å²) in [5, 5.41) is 19.1. The van der Waals surface area contributed by atoms with Crippen LogP contribution in [0.1, 0.15) is 0 Å². The van der Waals surface area contributed by atoms with Crippen molar-refractivity contribution < 1.29 is 32.2 Å². The van der Waals surface area contributed by atoms with Gasteiger partial charge in [-0.1, -0.05) is 0 Å². The van der Waals surface area contributed by atoms with E-state index in [1.54, 1.807) is 0 Å². The van der Waals surface area contributed by atoms with Crippen molar-refractivity contribution in [2.75, 3.05) is 18.5 Å². The maximum Gasteiger partial charge on any atom is 0.200 e. The van der Waals surface area contributed by atoms with Crippen molar-refractivity contribution in [3.8, 4) is 0 Å². The van der Waals surface area contributed by atoms with Crippen LogP contribution in [0.4, 0.5) is 27.6 Å². The third-order valence-corrected chi connectivity index (χ3v) is 2.00. The quantitative estimate of drug-likeness (QED) is 0.431. The zero-order chi connectivity index (χ0) is 13.2. The van der Waals surface area contributed by atoms with E-state index in [2.05, 4.69) is 0 Å². The van der Waals surface area contributed by atoms with Gasteiger partial charge in [0.2, 0.25) is 5.82 Å². The van der Waals surface area contributed by atoms with Crippen LogP contribution in [0.3, 0.4) is 0 Å². The standard InChI is InChI=1S/C9H8F5NO2/c10-4-5(11)7(13)9(8(14)6(4)12)15-3(1-16)2-17/h3,15-17H,1-2H2. The van der Waals surface area contributed by atoms with Crippen molar-refractivity contribution in [1.82, 2.24) is 0 Å². The maximum atomic E-state index is 13.1. The number of nitrogens with one attached hydrogen (secondary N) is 1. The lowest BCUT2D eigenvalue weighted by Crippen LogP contribution is -2.29. The molecule has 17 heavy (non-hydrogen) atoms. The molecule has 0 aromatic heterocycles. The van der Waals surface area contributed by atoms with Crippen molar-refractivity contribution in [2.45, 2.75) is 6.04 Å². The Morgan fingerprint density at radius 3 is 1.47 bits per heavy atom. The second-order valence-corrected chi connectivity index (χ2v) is 3.15. The molecule has 0 saturated heterocycles. The number of aliphatic hydroxyl groups is 2. The van der Waals surface area contributed by atoms with Crippen LogP contribution in [0.2, 0.25) is 0 Å². The molecule has 0 spiro atoms. The van der Waals surface area contributed by atoms with E-state index in [1.165, 1.54) is 0 Å². The van der Waals surface area contributed by atoms with Crippen molar-refractivity contribution in [3.05, 3.63) is 29.1 Å². The monoisotopic (exact) mass is 257 g/mol. The Kier molecular flexibility index (Phi) is 4.24. The molecule has 3 nitrogen and oxygen atoms in total. The molecule has 0 amide bonds. The molecule has 0 saturated carbocycles. The summed E-state index contributed by atoms with van der Waals surface area (Å²) in [6, 6.07) is -1.23. The molecule has 0 radical (unpaired) electrons. The van der Waals surface area contributed by atoms with Crippen LogP contribution in [-0.2, 0) is 0 Å². The first kappa shape index (κ1) is 13.7. The molecular weight excluding hydrogens is 249 g/mol. The summed E-state index contributed by atoms with van der Waals surface area (Å²) in [5.74, 6) is -10.6. The summed E-state index contributed by atoms with van der Waals surface area (Å²) >= 11 is 0. The van der Waals surface area contributed by atoms with E-state index in [9.17, 15) is 22.0 Å². The van der Waals surface area contributed by atoms with Gasteiger partial charge in [-0.15, -0.1) is 0 Å². The number of hydrogen-bond acceptors (Lipinski definition) is 3. The van der Waals surface area contributed by atoms with Crippen molar-refractivity contribution >= 4 is 5.69 Å². The largest absolute Gasteiger partial charge is 0.394 e. The number of aliphatic hydroxyl groups excluding tert-OH is 2. The van der Waals surface area contributed by atoms with Crippen molar-refractivity contribution in [2.24, 2.45) is 0 Å². The van der Waals surface area contributed by atoms with E-state index in [0.29, 0.717) is 0 Å². The van der Waals surface area contributed by atoms with Gasteiger partial charge in [-0.05, 0) is 0 Å². The van der Waals surface area contributed by atoms with Crippen LogP contribution in [0.15, 0.2) is 0 Å². The van der Waals surface area contributed by atoms with E-state index in [0.717, 1.165) is 0 Å². The molecular formula is C9H8F5NO2. The molecule has 0 aliphatic carbocycles. The lowest BCUT2D eigenvalue weighted by Gasteiger charge is -2.16. The molecule has 0 fully saturated rings. The number of halogens is 5. The Morgan fingerprint density at radius 2 is 1.12 bits per heavy atom. The van der Waals surface area contributed by atoms with Crippen molar-refractivity contribution in [1.29, 1.82) is 0 Å². The maximum absolute atomic E-state index is 13.1. The van der Waals surface area contributed by atoms with Gasteiger partial charge in [0, 0.05) is 0 Å². The highest BCUT2D eigenvalue weighted by molar-refractivity contribution is 5.48. The first-order chi connectivity index (χ1) is 7.93. The Balaban J connectivity index is 3.24. The molecule has 8 heteroatoms. The fourth-order valence-electron chi connectivity index (χ4n) is 1.08. The van der Waals surface area contributed by atoms with Crippen LogP contribution in [0, 0.1) is 29.1 Å². The van der Waals surface area contributed by atoms with Gasteiger partial charge in [-0.3, -0.25) is 0 Å². The van der Waals surface area contributed by atoms with E-state index in [-0.39, 0.29) is 0 Å². The summed E-state index contributed by atoms with van der Waals surface area (Å²) in [6.45, 7) is -1.48. The smallest absolute Gasteiger partial charge is 0.200 e. The first-order valence-corrected chi connectivity index (χ1v) is 4.43. The number of anilines is 1. The van der Waals surface area contributed by atoms with Crippen molar-refractivity contribution in [3.63, 3.8) is 0 Å². The normalized spacial score (nSPS) is 11.1. The first-order valence-electron chi connectivity index (χ1n) is 4.43. The summed E-state index contributed by atoms with van der Waals surface area (Å²) in [5.41, 5.74) is -1.28. The second-order valence-electron chi connectivity index (χ2n) is 3.15. The van der Waals surface area contributed by atoms with E-state index >= 15 is 0 Å². The molecule has 0 atom stereocenters. The predicted octanol–water partition coefficient (Wildman–Crippen LogP) is 1.15. The number of rotatable bonds is 4. The SMILES string of the molecule is OCC(CO)Nc1c(F)c(F)c(F)c(F)c1F. The highest BCUT2D eigenvalue weighted by Crippen LogP contribution is 2.27. The Morgan fingerprint density at radius 1 is 0.765 bits per heavy atom. The molecule has 1 aromatic rings. The van der Waals surface area contributed by atoms with Gasteiger partial charge in [-0.25, -0.2) is 22.0 Å². The van der Waals surface area contributed by atoms with E-state index < -0.39 is 54.0 Å². The van der Waals surface area contributed by atoms with Crippen LogP contribution >= 0.6 is 0 Å². The fourth-order valence-corrected chi connectivity index (χ4v) is 1.08. The average Bonchev–Trinajstić information content (AvgIpc) is 2.34. The number of hydrogen-bond donors (Lipinski definition) is 3. The topological polar surface area (TPSA) is 52.5 Å². The minimum absolute atomic E-state index is 0.740. The number of benzene rings is 1. The third kappa shape index (κ3) is 2.47. The lowest BCUT2D eigenvalue weighted by molar-refractivity contribution is 0.203. The lowest BCUT2D eigenvalue weighted by atomic mass is 10.2. The molecule has 1 rings (SSSR count). The zero-order valence-corrected chi connectivity index (χ0v) is 8.28. The van der Waals surface area contributed by atoms with Gasteiger partial charge in [0.05, 0.1) is 19.3 Å². The highest BCUT2D eigenvalue weighted by Gasteiger charge is 2.26. The molecule has 96 valence electrons. The Labute approximate surface area is 92.5 Å². The Bertz CT molecular complexity index is 393. The van der Waals surface area contributed by atoms with Crippen LogP contribution in [0.5, 0.6) is 0 Å². The summed E-state index contributed by atoms with van der Waals surface area (Å²) in [6.07, 6.45) is 0. The molecule has 0 unspecified atom stereocenters. The molecule has 0 bridgehead atoms. The molecule has 0 aliphatic heterocycles. The van der Waals surface area contributed by atoms with Crippen LogP contribution in [0.25, 0.3) is 0 Å². The molecule has 3 N–H and O–H groups in total. The Hall–Kier alpha value is -1.41. The molecule has 0 heterocycles. The van der Waals surface area contributed by atoms with E-state index in [1.807, 2.05) is 5.32 Å². The third-order valence-electron chi connectivity index (χ3n) is 2.00.